The van der Waals surface area contributed by atoms with Crippen molar-refractivity contribution in [3.05, 3.63) is 70.4 Å². The van der Waals surface area contributed by atoms with E-state index < -0.39 is 5.91 Å². The Hall–Kier alpha value is -2.90. The molecule has 2 amide bonds. The fourth-order valence-electron chi connectivity index (χ4n) is 2.24. The van der Waals surface area contributed by atoms with Crippen molar-refractivity contribution in [3.63, 3.8) is 0 Å². The van der Waals surface area contributed by atoms with Gasteiger partial charge in [0.2, 0.25) is 0 Å². The van der Waals surface area contributed by atoms with Crippen molar-refractivity contribution in [2.45, 2.75) is 6.92 Å². The number of hydrogen-bond acceptors (Lipinski definition) is 5. The zero-order chi connectivity index (χ0) is 18.7. The molecular formula is C18H14ClN3O3S. The molecule has 0 aliphatic heterocycles. The van der Waals surface area contributed by atoms with E-state index in [2.05, 4.69) is 15.0 Å². The highest BCUT2D eigenvalue weighted by Gasteiger charge is 2.20. The van der Waals surface area contributed by atoms with Crippen molar-refractivity contribution in [1.29, 1.82) is 0 Å². The third-order valence-electron chi connectivity index (χ3n) is 3.55. The summed E-state index contributed by atoms with van der Waals surface area (Å²) in [4.78, 5) is 25.0. The summed E-state index contributed by atoms with van der Waals surface area (Å²) < 4.78 is 4.16. The van der Waals surface area contributed by atoms with Gasteiger partial charge in [0.15, 0.2) is 0 Å². The highest BCUT2D eigenvalue weighted by atomic mass is 35.5. The number of aryl methyl sites for hydroxylation is 1. The van der Waals surface area contributed by atoms with E-state index in [0.717, 1.165) is 11.5 Å². The van der Waals surface area contributed by atoms with E-state index in [0.29, 0.717) is 32.5 Å². The van der Waals surface area contributed by atoms with Crippen LogP contribution in [0.25, 0.3) is 0 Å². The smallest absolute Gasteiger partial charge is 0.260 e. The first-order chi connectivity index (χ1) is 12.4. The summed E-state index contributed by atoms with van der Waals surface area (Å²) in [6, 6.07) is 12.5. The molecule has 6 nitrogen and oxygen atoms in total. The predicted octanol–water partition coefficient (Wildman–Crippen LogP) is 4.32. The van der Waals surface area contributed by atoms with Crippen LogP contribution in [0.15, 0.2) is 48.5 Å². The molecule has 1 heterocycles. The molecule has 0 spiro atoms. The van der Waals surface area contributed by atoms with Crippen molar-refractivity contribution in [3.8, 4) is 5.75 Å². The third kappa shape index (κ3) is 4.01. The summed E-state index contributed by atoms with van der Waals surface area (Å²) in [7, 11) is 0. The van der Waals surface area contributed by atoms with Crippen LogP contribution in [0, 0.1) is 6.92 Å². The van der Waals surface area contributed by atoms with Gasteiger partial charge in [-0.25, -0.2) is 0 Å². The van der Waals surface area contributed by atoms with E-state index in [-0.39, 0.29) is 11.7 Å². The summed E-state index contributed by atoms with van der Waals surface area (Å²) in [6.07, 6.45) is 0. The number of hydrogen-bond donors (Lipinski definition) is 3. The van der Waals surface area contributed by atoms with Crippen molar-refractivity contribution in [2.75, 3.05) is 10.6 Å². The standard InChI is InChI=1S/C18H14ClN3O3S/c1-10-15(17(25)20-13-6-8-14(23)9-7-13)18(26-22-10)21-16(24)11-2-4-12(19)5-3-11/h2-9,23H,1H3,(H,20,25)(H,21,24). The topological polar surface area (TPSA) is 91.3 Å². The van der Waals surface area contributed by atoms with Crippen LogP contribution in [-0.4, -0.2) is 21.3 Å². The van der Waals surface area contributed by atoms with Gasteiger partial charge >= 0.3 is 0 Å². The van der Waals surface area contributed by atoms with E-state index in [1.54, 1.807) is 43.3 Å². The van der Waals surface area contributed by atoms with Gasteiger partial charge in [-0.15, -0.1) is 0 Å². The molecule has 0 fully saturated rings. The number of nitrogens with one attached hydrogen (secondary N) is 2. The summed E-state index contributed by atoms with van der Waals surface area (Å²) in [5.41, 5.74) is 1.75. The molecule has 3 aromatic rings. The Morgan fingerprint density at radius 3 is 2.31 bits per heavy atom. The first kappa shape index (κ1) is 17.9. The lowest BCUT2D eigenvalue weighted by atomic mass is 10.2. The summed E-state index contributed by atoms with van der Waals surface area (Å²) in [5, 5.41) is 15.6. The van der Waals surface area contributed by atoms with Gasteiger partial charge in [-0.3, -0.25) is 9.59 Å². The van der Waals surface area contributed by atoms with Crippen molar-refractivity contribution < 1.29 is 14.7 Å². The van der Waals surface area contributed by atoms with Gasteiger partial charge in [-0.2, -0.15) is 4.37 Å². The lowest BCUT2D eigenvalue weighted by molar-refractivity contribution is 0.102. The summed E-state index contributed by atoms with van der Waals surface area (Å²) in [5.74, 6) is -0.648. The third-order valence-corrected chi connectivity index (χ3v) is 4.65. The second-order valence-corrected chi connectivity index (χ2v) is 6.64. The molecule has 0 bridgehead atoms. The van der Waals surface area contributed by atoms with Gasteiger partial charge in [-0.1, -0.05) is 11.6 Å². The largest absolute Gasteiger partial charge is 0.508 e. The molecule has 1 aromatic heterocycles. The van der Waals surface area contributed by atoms with Gasteiger partial charge in [-0.05, 0) is 67.0 Å². The lowest BCUT2D eigenvalue weighted by Gasteiger charge is -2.08. The molecule has 0 saturated heterocycles. The number of carbonyl (C=O) groups is 2. The van der Waals surface area contributed by atoms with Gasteiger partial charge in [0.05, 0.1) is 11.3 Å². The summed E-state index contributed by atoms with van der Waals surface area (Å²) in [6.45, 7) is 1.69. The molecule has 0 aliphatic rings. The van der Waals surface area contributed by atoms with Crippen molar-refractivity contribution in [2.24, 2.45) is 0 Å². The Kier molecular flexibility index (Phi) is 5.20. The number of aromatic nitrogens is 1. The number of nitrogens with zero attached hydrogens (tertiary/aromatic N) is 1. The zero-order valence-corrected chi connectivity index (χ0v) is 15.2. The number of rotatable bonds is 4. The average Bonchev–Trinajstić information content (AvgIpc) is 2.98. The molecule has 132 valence electrons. The fraction of sp³-hybridized carbons (Fsp3) is 0.0556. The number of carbonyl (C=O) groups excluding carboxylic acids is 2. The molecule has 0 atom stereocenters. The van der Waals surface area contributed by atoms with E-state index in [1.165, 1.54) is 12.1 Å². The van der Waals surface area contributed by atoms with Crippen LogP contribution in [0.1, 0.15) is 26.4 Å². The Morgan fingerprint density at radius 1 is 1.00 bits per heavy atom. The Balaban J connectivity index is 1.79. The van der Waals surface area contributed by atoms with E-state index in [4.69, 9.17) is 11.6 Å². The molecule has 26 heavy (non-hydrogen) atoms. The number of anilines is 2. The Labute approximate surface area is 158 Å². The average molecular weight is 388 g/mol. The van der Waals surface area contributed by atoms with Crippen molar-refractivity contribution in [1.82, 2.24) is 4.37 Å². The minimum Gasteiger partial charge on any atom is -0.508 e. The quantitative estimate of drug-likeness (QED) is 0.581. The van der Waals surface area contributed by atoms with Crippen LogP contribution < -0.4 is 10.6 Å². The lowest BCUT2D eigenvalue weighted by Crippen LogP contribution is -2.17. The van der Waals surface area contributed by atoms with Crippen LogP contribution >= 0.6 is 23.1 Å². The van der Waals surface area contributed by atoms with E-state index in [1.807, 2.05) is 0 Å². The van der Waals surface area contributed by atoms with E-state index in [9.17, 15) is 14.7 Å². The minimum atomic E-state index is -0.395. The number of aromatic hydroxyl groups is 1. The minimum absolute atomic E-state index is 0.104. The molecule has 3 rings (SSSR count). The second-order valence-electron chi connectivity index (χ2n) is 5.43. The molecule has 0 saturated carbocycles. The fourth-order valence-corrected chi connectivity index (χ4v) is 3.15. The normalized spacial score (nSPS) is 10.4. The molecule has 2 aromatic carbocycles. The maximum atomic E-state index is 12.6. The molecule has 0 aliphatic carbocycles. The Morgan fingerprint density at radius 2 is 1.65 bits per heavy atom. The van der Waals surface area contributed by atoms with Crippen LogP contribution in [0.5, 0.6) is 5.75 Å². The maximum Gasteiger partial charge on any atom is 0.260 e. The molecular weight excluding hydrogens is 374 g/mol. The SMILES string of the molecule is Cc1nsc(NC(=O)c2ccc(Cl)cc2)c1C(=O)Nc1ccc(O)cc1. The molecule has 0 unspecified atom stereocenters. The van der Waals surface area contributed by atoms with Gasteiger partial charge < -0.3 is 15.7 Å². The van der Waals surface area contributed by atoms with Gasteiger partial charge in [0.25, 0.3) is 11.8 Å². The number of phenolic OH excluding ortho intramolecular Hbond substituents is 1. The highest BCUT2D eigenvalue weighted by molar-refractivity contribution is 7.11. The monoisotopic (exact) mass is 387 g/mol. The van der Waals surface area contributed by atoms with Crippen LogP contribution in [0.4, 0.5) is 10.7 Å². The first-order valence-electron chi connectivity index (χ1n) is 7.57. The van der Waals surface area contributed by atoms with Crippen LogP contribution in [0.3, 0.4) is 0 Å². The summed E-state index contributed by atoms with van der Waals surface area (Å²) >= 11 is 6.86. The molecule has 8 heteroatoms. The predicted molar refractivity (Wildman–Crippen MR) is 102 cm³/mol. The first-order valence-corrected chi connectivity index (χ1v) is 8.73. The molecule has 3 N–H and O–H groups in total. The van der Waals surface area contributed by atoms with E-state index >= 15 is 0 Å². The number of phenols is 1. The molecule has 0 radical (unpaired) electrons. The van der Waals surface area contributed by atoms with Crippen LogP contribution in [-0.2, 0) is 0 Å². The number of amides is 2. The van der Waals surface area contributed by atoms with Crippen molar-refractivity contribution >= 4 is 45.6 Å². The number of halogens is 1. The second kappa shape index (κ2) is 7.55. The van der Waals surface area contributed by atoms with Crippen LogP contribution in [0.2, 0.25) is 5.02 Å². The number of benzene rings is 2. The highest BCUT2D eigenvalue weighted by Crippen LogP contribution is 2.26. The Bertz CT molecular complexity index is 953. The maximum absolute atomic E-state index is 12.6. The van der Waals surface area contributed by atoms with Gasteiger partial charge in [0.1, 0.15) is 10.8 Å². The van der Waals surface area contributed by atoms with Gasteiger partial charge in [0, 0.05) is 16.3 Å². The zero-order valence-electron chi connectivity index (χ0n) is 13.6.